The second kappa shape index (κ2) is 30.9. The van der Waals surface area contributed by atoms with Crippen molar-refractivity contribution in [2.45, 2.75) is 180 Å². The normalized spacial score (nSPS) is 11.4. The smallest absolute Gasteiger partial charge is 0.0431 e. The van der Waals surface area contributed by atoms with Crippen LogP contribution < -0.4 is 0 Å². The van der Waals surface area contributed by atoms with E-state index >= 15 is 0 Å². The molecule has 2 heteroatoms. The first-order valence-electron chi connectivity index (χ1n) is 15.1. The van der Waals surface area contributed by atoms with Crippen molar-refractivity contribution in [3.05, 3.63) is 0 Å². The summed E-state index contributed by atoms with van der Waals surface area (Å²) in [6.07, 6.45) is 38.7. The van der Waals surface area contributed by atoms with Gasteiger partial charge in [-0.05, 0) is 12.8 Å². The fourth-order valence-electron chi connectivity index (χ4n) is 4.82. The third-order valence-electron chi connectivity index (χ3n) is 7.07. The molecule has 0 aliphatic heterocycles. The van der Waals surface area contributed by atoms with Gasteiger partial charge in [-0.3, -0.25) is 0 Å². The lowest BCUT2D eigenvalue weighted by Crippen LogP contribution is -1.85. The standard InChI is InChI=1S/C30H62O2/c31-29-27-25-23-21-19-17-15-13-11-9-7-5-3-1-2-4-6-8-10-12-14-16-18-20-22-24-26-28-30-32/h31-32H,1-30H2. The average molecular weight is 455 g/mol. The Morgan fingerprint density at radius 2 is 0.250 bits per heavy atom. The summed E-state index contributed by atoms with van der Waals surface area (Å²) in [5, 5.41) is 17.5. The van der Waals surface area contributed by atoms with Crippen molar-refractivity contribution in [2.75, 3.05) is 13.2 Å². The molecule has 32 heavy (non-hydrogen) atoms. The minimum Gasteiger partial charge on any atom is -0.396 e. The summed E-state index contributed by atoms with van der Waals surface area (Å²) in [5.74, 6) is 0. The molecule has 0 radical (unpaired) electrons. The maximum absolute atomic E-state index is 8.76. The van der Waals surface area contributed by atoms with Gasteiger partial charge in [-0.2, -0.15) is 0 Å². The maximum Gasteiger partial charge on any atom is 0.0431 e. The highest BCUT2D eigenvalue weighted by atomic mass is 16.3. The molecule has 194 valence electrons. The zero-order chi connectivity index (χ0) is 23.2. The third-order valence-corrected chi connectivity index (χ3v) is 7.07. The monoisotopic (exact) mass is 454 g/mol. The molecule has 0 heterocycles. The van der Waals surface area contributed by atoms with Gasteiger partial charge < -0.3 is 10.2 Å². The van der Waals surface area contributed by atoms with Gasteiger partial charge in [0.05, 0.1) is 0 Å². The van der Waals surface area contributed by atoms with Crippen LogP contribution in [0.15, 0.2) is 0 Å². The Kier molecular flexibility index (Phi) is 30.8. The van der Waals surface area contributed by atoms with Gasteiger partial charge >= 0.3 is 0 Å². The molecule has 0 aromatic rings. The van der Waals surface area contributed by atoms with Crippen molar-refractivity contribution in [1.82, 2.24) is 0 Å². The number of hydrogen-bond donors (Lipinski definition) is 2. The van der Waals surface area contributed by atoms with Gasteiger partial charge in [0.2, 0.25) is 0 Å². The van der Waals surface area contributed by atoms with E-state index in [1.807, 2.05) is 0 Å². The average Bonchev–Trinajstić information content (AvgIpc) is 2.81. The van der Waals surface area contributed by atoms with Gasteiger partial charge in [0, 0.05) is 13.2 Å². The predicted octanol–water partition coefficient (Wildman–Crippen LogP) is 9.89. The largest absolute Gasteiger partial charge is 0.396 e. The Labute approximate surface area is 203 Å². The van der Waals surface area contributed by atoms with E-state index in [2.05, 4.69) is 0 Å². The molecule has 0 saturated heterocycles. The van der Waals surface area contributed by atoms with Crippen LogP contribution in [0.25, 0.3) is 0 Å². The van der Waals surface area contributed by atoms with E-state index < -0.39 is 0 Å². The summed E-state index contributed by atoms with van der Waals surface area (Å²) in [6, 6.07) is 0. The molecule has 0 spiro atoms. The molecule has 0 aromatic heterocycles. The van der Waals surface area contributed by atoms with Gasteiger partial charge in [0.15, 0.2) is 0 Å². The summed E-state index contributed by atoms with van der Waals surface area (Å²) in [4.78, 5) is 0. The molecule has 0 rings (SSSR count). The van der Waals surface area contributed by atoms with E-state index in [1.54, 1.807) is 0 Å². The Morgan fingerprint density at radius 1 is 0.156 bits per heavy atom. The highest BCUT2D eigenvalue weighted by molar-refractivity contribution is 4.52. The van der Waals surface area contributed by atoms with Crippen molar-refractivity contribution in [3.8, 4) is 0 Å². The number of aliphatic hydroxyl groups is 2. The lowest BCUT2D eigenvalue weighted by atomic mass is 10.0. The van der Waals surface area contributed by atoms with Crippen LogP contribution in [0, 0.1) is 0 Å². The lowest BCUT2D eigenvalue weighted by Gasteiger charge is -2.04. The molecule has 0 saturated carbocycles. The van der Waals surface area contributed by atoms with Crippen LogP contribution in [-0.4, -0.2) is 23.4 Å². The minimum atomic E-state index is 0.370. The molecule has 2 nitrogen and oxygen atoms in total. The molecular weight excluding hydrogens is 392 g/mol. The van der Waals surface area contributed by atoms with Crippen LogP contribution in [0.5, 0.6) is 0 Å². The van der Waals surface area contributed by atoms with E-state index in [9.17, 15) is 0 Å². The topological polar surface area (TPSA) is 40.5 Å². The van der Waals surface area contributed by atoms with Crippen LogP contribution >= 0.6 is 0 Å². The summed E-state index contributed by atoms with van der Waals surface area (Å²) in [6.45, 7) is 0.741. The zero-order valence-corrected chi connectivity index (χ0v) is 22.1. The summed E-state index contributed by atoms with van der Waals surface area (Å²) in [7, 11) is 0. The highest BCUT2D eigenvalue weighted by Crippen LogP contribution is 2.16. The van der Waals surface area contributed by atoms with Crippen LogP contribution in [0.3, 0.4) is 0 Å². The molecule has 0 fully saturated rings. The molecule has 0 unspecified atom stereocenters. The van der Waals surface area contributed by atoms with Gasteiger partial charge in [-0.15, -0.1) is 0 Å². The number of aliphatic hydroxyl groups excluding tert-OH is 2. The van der Waals surface area contributed by atoms with E-state index in [4.69, 9.17) is 10.2 Å². The van der Waals surface area contributed by atoms with Gasteiger partial charge in [0.25, 0.3) is 0 Å². The van der Waals surface area contributed by atoms with E-state index in [1.165, 1.54) is 167 Å². The Hall–Kier alpha value is -0.0800. The van der Waals surface area contributed by atoms with Crippen molar-refractivity contribution in [1.29, 1.82) is 0 Å². The Morgan fingerprint density at radius 3 is 0.344 bits per heavy atom. The molecule has 0 amide bonds. The fourth-order valence-corrected chi connectivity index (χ4v) is 4.82. The number of rotatable bonds is 29. The Balaban J connectivity index is 2.98. The first kappa shape index (κ1) is 31.9. The first-order chi connectivity index (χ1) is 15.9. The van der Waals surface area contributed by atoms with Gasteiger partial charge in [-0.1, -0.05) is 167 Å². The van der Waals surface area contributed by atoms with Crippen molar-refractivity contribution >= 4 is 0 Å². The quantitative estimate of drug-likeness (QED) is 0.110. The fraction of sp³-hybridized carbons (Fsp3) is 1.00. The molecule has 0 bridgehead atoms. The van der Waals surface area contributed by atoms with Gasteiger partial charge in [0.1, 0.15) is 0 Å². The maximum atomic E-state index is 8.76. The molecule has 2 N–H and O–H groups in total. The highest BCUT2D eigenvalue weighted by Gasteiger charge is 1.96. The minimum absolute atomic E-state index is 0.370. The molecular formula is C30H62O2. The van der Waals surface area contributed by atoms with Crippen molar-refractivity contribution in [3.63, 3.8) is 0 Å². The molecule has 0 aromatic carbocycles. The second-order valence-corrected chi connectivity index (χ2v) is 10.3. The summed E-state index contributed by atoms with van der Waals surface area (Å²) < 4.78 is 0. The van der Waals surface area contributed by atoms with Crippen LogP contribution in [-0.2, 0) is 0 Å². The van der Waals surface area contributed by atoms with E-state index in [0.717, 1.165) is 12.8 Å². The molecule has 0 aliphatic carbocycles. The second-order valence-electron chi connectivity index (χ2n) is 10.3. The zero-order valence-electron chi connectivity index (χ0n) is 22.1. The first-order valence-corrected chi connectivity index (χ1v) is 15.1. The molecule has 0 atom stereocenters. The van der Waals surface area contributed by atoms with Crippen molar-refractivity contribution < 1.29 is 10.2 Å². The van der Waals surface area contributed by atoms with Crippen molar-refractivity contribution in [2.24, 2.45) is 0 Å². The predicted molar refractivity (Wildman–Crippen MR) is 143 cm³/mol. The third kappa shape index (κ3) is 29.9. The van der Waals surface area contributed by atoms with E-state index in [0.29, 0.717) is 13.2 Å². The number of hydrogen-bond acceptors (Lipinski definition) is 2. The molecule has 0 aliphatic rings. The van der Waals surface area contributed by atoms with Gasteiger partial charge in [-0.25, -0.2) is 0 Å². The van der Waals surface area contributed by atoms with E-state index in [-0.39, 0.29) is 0 Å². The summed E-state index contributed by atoms with van der Waals surface area (Å²) >= 11 is 0. The number of unbranched alkanes of at least 4 members (excludes halogenated alkanes) is 27. The van der Waals surface area contributed by atoms with Crippen LogP contribution in [0.2, 0.25) is 0 Å². The van der Waals surface area contributed by atoms with Crippen LogP contribution in [0.1, 0.15) is 180 Å². The SMILES string of the molecule is OCCCCCCCCCCCCCCCCCCCCCCCCCCCCCCO. The Bertz CT molecular complexity index is 275. The summed E-state index contributed by atoms with van der Waals surface area (Å²) in [5.41, 5.74) is 0. The lowest BCUT2D eigenvalue weighted by molar-refractivity contribution is 0.282. The van der Waals surface area contributed by atoms with Crippen LogP contribution in [0.4, 0.5) is 0 Å².